The molecule has 0 atom stereocenters. The van der Waals surface area contributed by atoms with E-state index in [9.17, 15) is 9.59 Å². The molecule has 0 saturated heterocycles. The first kappa shape index (κ1) is 24.9. The van der Waals surface area contributed by atoms with Gasteiger partial charge >= 0.3 is 5.97 Å². The van der Waals surface area contributed by atoms with E-state index < -0.39 is 11.9 Å². The van der Waals surface area contributed by atoms with Gasteiger partial charge in [0, 0.05) is 6.54 Å². The molecular formula is C18H23Cl2N7O3. The number of nitrogen functional groups attached to an aromatic ring is 2. The lowest BCUT2D eigenvalue weighted by Gasteiger charge is -2.07. The van der Waals surface area contributed by atoms with Crippen molar-refractivity contribution in [3.63, 3.8) is 0 Å². The van der Waals surface area contributed by atoms with Crippen molar-refractivity contribution in [3.8, 4) is 0 Å². The van der Waals surface area contributed by atoms with Gasteiger partial charge in [-0.05, 0) is 30.4 Å². The van der Waals surface area contributed by atoms with E-state index in [1.165, 1.54) is 0 Å². The highest BCUT2D eigenvalue weighted by atomic mass is 35.5. The van der Waals surface area contributed by atoms with Crippen LogP contribution in [0.1, 0.15) is 34.5 Å². The Bertz CT molecular complexity index is 921. The van der Waals surface area contributed by atoms with E-state index in [-0.39, 0.29) is 47.3 Å². The fourth-order valence-corrected chi connectivity index (χ4v) is 2.59. The normalized spacial score (nSPS) is 10.9. The summed E-state index contributed by atoms with van der Waals surface area (Å²) in [4.78, 5) is 34.4. The van der Waals surface area contributed by atoms with Crippen LogP contribution in [-0.4, -0.2) is 39.5 Å². The third kappa shape index (κ3) is 7.72. The Morgan fingerprint density at radius 2 is 1.70 bits per heavy atom. The molecule has 0 fully saturated rings. The van der Waals surface area contributed by atoms with Gasteiger partial charge in [-0.25, -0.2) is 9.97 Å². The van der Waals surface area contributed by atoms with Crippen molar-refractivity contribution in [2.75, 3.05) is 18.0 Å². The highest BCUT2D eigenvalue weighted by Gasteiger charge is 2.16. The third-order valence-corrected chi connectivity index (χ3v) is 4.17. The molecule has 0 radical (unpaired) electrons. The second kappa shape index (κ2) is 11.8. The van der Waals surface area contributed by atoms with Crippen LogP contribution in [0.2, 0.25) is 5.15 Å². The number of carboxylic acids is 1. The summed E-state index contributed by atoms with van der Waals surface area (Å²) in [6.07, 6.45) is 2.45. The van der Waals surface area contributed by atoms with Crippen LogP contribution in [0.15, 0.2) is 29.3 Å². The van der Waals surface area contributed by atoms with Gasteiger partial charge in [-0.3, -0.25) is 19.9 Å². The number of benzene rings is 1. The molecule has 0 spiro atoms. The van der Waals surface area contributed by atoms with Crippen molar-refractivity contribution in [1.29, 1.82) is 0 Å². The Labute approximate surface area is 184 Å². The number of hydrogen-bond acceptors (Lipinski definition) is 7. The molecule has 12 heteroatoms. The van der Waals surface area contributed by atoms with Gasteiger partial charge in [0.1, 0.15) is 0 Å². The standard InChI is InChI=1S/C18H22ClN7O3.ClH/c19-14-16(21)25-15(20)13(24-14)17(29)26-18(22)23-8-2-1-3-10-4-6-11(7-5-10)9-12(27)28;/h4-7H,1-3,8-9H2,(H,27,28)(H4,20,21,25)(H3,22,23,26,29);1H. The zero-order valence-electron chi connectivity index (χ0n) is 16.0. The Kier molecular flexibility index (Phi) is 9.79. The SMILES string of the molecule is Cl.NC(=NCCCCc1ccc(CC(=O)O)cc1)NC(=O)c1nc(Cl)c(N)nc1N. The van der Waals surface area contributed by atoms with Crippen molar-refractivity contribution in [1.82, 2.24) is 15.3 Å². The summed E-state index contributed by atoms with van der Waals surface area (Å²) in [7, 11) is 0. The first-order chi connectivity index (χ1) is 13.8. The zero-order valence-corrected chi connectivity index (χ0v) is 17.5. The molecule has 2 aromatic rings. The van der Waals surface area contributed by atoms with Crippen LogP contribution < -0.4 is 22.5 Å². The molecule has 10 nitrogen and oxygen atoms in total. The largest absolute Gasteiger partial charge is 0.481 e. The van der Waals surface area contributed by atoms with E-state index in [1.54, 1.807) is 0 Å². The summed E-state index contributed by atoms with van der Waals surface area (Å²) in [5.41, 5.74) is 18.5. The summed E-state index contributed by atoms with van der Waals surface area (Å²) in [5.74, 6) is -1.83. The first-order valence-electron chi connectivity index (χ1n) is 8.75. The van der Waals surface area contributed by atoms with E-state index in [4.69, 9.17) is 33.9 Å². The minimum atomic E-state index is -0.852. The number of nitrogens with one attached hydrogen (secondary N) is 1. The molecule has 0 aliphatic carbocycles. The van der Waals surface area contributed by atoms with Gasteiger partial charge < -0.3 is 22.3 Å². The van der Waals surface area contributed by atoms with E-state index in [0.717, 1.165) is 30.4 Å². The second-order valence-corrected chi connectivity index (χ2v) is 6.56. The monoisotopic (exact) mass is 455 g/mol. The number of halogens is 2. The highest BCUT2D eigenvalue weighted by molar-refractivity contribution is 6.31. The van der Waals surface area contributed by atoms with E-state index in [1.807, 2.05) is 24.3 Å². The number of aliphatic carboxylic acids is 1. The maximum absolute atomic E-state index is 12.1. The number of guanidine groups is 1. The van der Waals surface area contributed by atoms with Crippen LogP contribution in [0.25, 0.3) is 0 Å². The van der Waals surface area contributed by atoms with Crippen LogP contribution >= 0.6 is 24.0 Å². The second-order valence-electron chi connectivity index (χ2n) is 6.20. The Balaban J connectivity index is 0.00000450. The lowest BCUT2D eigenvalue weighted by atomic mass is 10.0. The van der Waals surface area contributed by atoms with Crippen LogP contribution in [0.5, 0.6) is 0 Å². The molecular weight excluding hydrogens is 433 g/mol. The number of carbonyl (C=O) groups excluding carboxylic acids is 1. The van der Waals surface area contributed by atoms with Gasteiger partial charge in [0.25, 0.3) is 5.91 Å². The fourth-order valence-electron chi connectivity index (χ4n) is 2.46. The maximum atomic E-state index is 12.1. The molecule has 1 heterocycles. The maximum Gasteiger partial charge on any atom is 0.307 e. The van der Waals surface area contributed by atoms with Crippen LogP contribution in [0.3, 0.4) is 0 Å². The number of aryl methyl sites for hydroxylation is 1. The summed E-state index contributed by atoms with van der Waals surface area (Å²) in [6, 6.07) is 7.46. The summed E-state index contributed by atoms with van der Waals surface area (Å²) in [6.45, 7) is 0.423. The predicted molar refractivity (Wildman–Crippen MR) is 118 cm³/mol. The number of anilines is 2. The number of nitrogens with zero attached hydrogens (tertiary/aromatic N) is 3. The van der Waals surface area contributed by atoms with Crippen LogP contribution in [-0.2, 0) is 17.6 Å². The molecule has 30 heavy (non-hydrogen) atoms. The fraction of sp³-hybridized carbons (Fsp3) is 0.278. The van der Waals surface area contributed by atoms with E-state index in [0.29, 0.717) is 6.54 Å². The summed E-state index contributed by atoms with van der Waals surface area (Å²) >= 11 is 5.74. The smallest absolute Gasteiger partial charge is 0.307 e. The first-order valence-corrected chi connectivity index (χ1v) is 9.13. The van der Waals surface area contributed by atoms with Gasteiger partial charge in [-0.2, -0.15) is 0 Å². The minimum Gasteiger partial charge on any atom is -0.481 e. The van der Waals surface area contributed by atoms with Gasteiger partial charge in [-0.15, -0.1) is 12.4 Å². The van der Waals surface area contributed by atoms with Crippen molar-refractivity contribution < 1.29 is 14.7 Å². The quantitative estimate of drug-likeness (QED) is 0.224. The minimum absolute atomic E-state index is 0. The molecule has 2 rings (SSSR count). The lowest BCUT2D eigenvalue weighted by Crippen LogP contribution is -2.38. The number of carboxylic acid groups (broad SMARTS) is 1. The lowest BCUT2D eigenvalue weighted by molar-refractivity contribution is -0.136. The van der Waals surface area contributed by atoms with Gasteiger partial charge in [-0.1, -0.05) is 35.9 Å². The molecule has 1 aromatic carbocycles. The highest BCUT2D eigenvalue weighted by Crippen LogP contribution is 2.17. The molecule has 8 N–H and O–H groups in total. The summed E-state index contributed by atoms with van der Waals surface area (Å²) in [5, 5.41) is 11.0. The van der Waals surface area contributed by atoms with Crippen molar-refractivity contribution >= 4 is 53.5 Å². The number of rotatable bonds is 8. The molecule has 1 amide bonds. The number of aliphatic imine (C=N–C) groups is 1. The Hall–Kier alpha value is -3.11. The molecule has 1 aromatic heterocycles. The van der Waals surface area contributed by atoms with Crippen molar-refractivity contribution in [2.24, 2.45) is 10.7 Å². The number of nitrogens with two attached hydrogens (primary N) is 3. The van der Waals surface area contributed by atoms with Crippen molar-refractivity contribution in [2.45, 2.75) is 25.7 Å². The molecule has 0 aliphatic heterocycles. The molecule has 162 valence electrons. The Morgan fingerprint density at radius 3 is 2.33 bits per heavy atom. The number of carbonyl (C=O) groups is 2. The number of amides is 1. The number of hydrogen-bond donors (Lipinski definition) is 5. The topological polar surface area (TPSA) is 183 Å². The van der Waals surface area contributed by atoms with E-state index >= 15 is 0 Å². The van der Waals surface area contributed by atoms with Gasteiger partial charge in [0.15, 0.2) is 28.4 Å². The average molecular weight is 456 g/mol. The molecule has 0 unspecified atom stereocenters. The van der Waals surface area contributed by atoms with Crippen molar-refractivity contribution in [3.05, 3.63) is 46.2 Å². The number of aromatic nitrogens is 2. The third-order valence-electron chi connectivity index (χ3n) is 3.90. The Morgan fingerprint density at radius 1 is 1.07 bits per heavy atom. The molecule has 0 saturated carbocycles. The number of unbranched alkanes of at least 4 members (excludes halogenated alkanes) is 1. The van der Waals surface area contributed by atoms with Gasteiger partial charge in [0.2, 0.25) is 0 Å². The average Bonchev–Trinajstić information content (AvgIpc) is 2.65. The van der Waals surface area contributed by atoms with E-state index in [2.05, 4.69) is 20.3 Å². The predicted octanol–water partition coefficient (Wildman–Crippen LogP) is 1.41. The van der Waals surface area contributed by atoms with Gasteiger partial charge in [0.05, 0.1) is 6.42 Å². The summed E-state index contributed by atoms with van der Waals surface area (Å²) < 4.78 is 0. The van der Waals surface area contributed by atoms with Crippen LogP contribution in [0.4, 0.5) is 11.6 Å². The molecule has 0 bridgehead atoms. The molecule has 0 aliphatic rings. The van der Waals surface area contributed by atoms with Crippen LogP contribution in [0, 0.1) is 0 Å². The zero-order chi connectivity index (χ0) is 21.4.